The van der Waals surface area contributed by atoms with Crippen molar-refractivity contribution in [1.29, 1.82) is 0 Å². The lowest BCUT2D eigenvalue weighted by Gasteiger charge is -2.07. The third kappa shape index (κ3) is 3.83. The van der Waals surface area contributed by atoms with Crippen LogP contribution in [0.15, 0.2) is 82.2 Å². The number of benzene rings is 2. The number of hydrogen-bond acceptors (Lipinski definition) is 4. The number of para-hydroxylation sites is 1. The zero-order valence-corrected chi connectivity index (χ0v) is 15.6. The number of nitrogens with zero attached hydrogens (tertiary/aromatic N) is 2. The number of aromatic nitrogens is 1. The number of anilines is 1. The van der Waals surface area contributed by atoms with Crippen molar-refractivity contribution in [3.05, 3.63) is 95.2 Å². The van der Waals surface area contributed by atoms with Crippen molar-refractivity contribution in [2.45, 2.75) is 13.8 Å². The van der Waals surface area contributed by atoms with Crippen LogP contribution in [-0.2, 0) is 0 Å². The Balaban J connectivity index is 1.83. The molecule has 0 aliphatic rings. The van der Waals surface area contributed by atoms with Crippen LogP contribution in [0.1, 0.15) is 21.6 Å². The SMILES string of the molecule is Cc1ccc(N=c2oc3ccccc3cc2C(=O)Nc2cccc(C)n2)cc1. The standard InChI is InChI=1S/C23H19N3O2/c1-15-10-12-18(13-11-15)25-23-19(14-17-7-3-4-8-20(17)28-23)22(27)26-21-9-5-6-16(2)24-21/h3-14H,1-2H3,(H,24,26,27). The van der Waals surface area contributed by atoms with Gasteiger partial charge in [0.25, 0.3) is 5.91 Å². The van der Waals surface area contributed by atoms with Gasteiger partial charge in [-0.1, -0.05) is 42.0 Å². The molecule has 0 saturated heterocycles. The molecule has 0 aliphatic carbocycles. The molecule has 0 bridgehead atoms. The van der Waals surface area contributed by atoms with Gasteiger partial charge < -0.3 is 9.73 Å². The number of aryl methyl sites for hydroxylation is 2. The number of carbonyl (C=O) groups excluding carboxylic acids is 1. The first-order chi connectivity index (χ1) is 13.6. The lowest BCUT2D eigenvalue weighted by atomic mass is 10.1. The van der Waals surface area contributed by atoms with E-state index in [0.29, 0.717) is 22.7 Å². The number of carbonyl (C=O) groups is 1. The van der Waals surface area contributed by atoms with E-state index in [1.807, 2.05) is 74.5 Å². The number of amides is 1. The lowest BCUT2D eigenvalue weighted by Crippen LogP contribution is -2.22. The van der Waals surface area contributed by atoms with Gasteiger partial charge in [0, 0.05) is 11.1 Å². The molecule has 0 atom stereocenters. The van der Waals surface area contributed by atoms with Crippen molar-refractivity contribution in [1.82, 2.24) is 4.98 Å². The molecule has 0 fully saturated rings. The van der Waals surface area contributed by atoms with Crippen molar-refractivity contribution in [3.8, 4) is 0 Å². The molecule has 5 nitrogen and oxygen atoms in total. The third-order valence-electron chi connectivity index (χ3n) is 4.30. The zero-order valence-electron chi connectivity index (χ0n) is 15.6. The fraction of sp³-hybridized carbons (Fsp3) is 0.0870. The highest BCUT2D eigenvalue weighted by molar-refractivity contribution is 6.04. The van der Waals surface area contributed by atoms with Gasteiger partial charge in [0.15, 0.2) is 0 Å². The Kier molecular flexibility index (Phi) is 4.72. The first kappa shape index (κ1) is 17.7. The summed E-state index contributed by atoms with van der Waals surface area (Å²) in [6.07, 6.45) is 0. The van der Waals surface area contributed by atoms with Crippen molar-refractivity contribution in [2.24, 2.45) is 4.99 Å². The average Bonchev–Trinajstić information content (AvgIpc) is 2.69. The monoisotopic (exact) mass is 369 g/mol. The van der Waals surface area contributed by atoms with Crippen LogP contribution in [0.3, 0.4) is 0 Å². The van der Waals surface area contributed by atoms with E-state index in [4.69, 9.17) is 4.42 Å². The molecule has 138 valence electrons. The van der Waals surface area contributed by atoms with Crippen LogP contribution in [0, 0.1) is 13.8 Å². The van der Waals surface area contributed by atoms with E-state index in [9.17, 15) is 4.79 Å². The maximum atomic E-state index is 13.0. The van der Waals surface area contributed by atoms with Crippen LogP contribution in [0.25, 0.3) is 11.0 Å². The minimum atomic E-state index is -0.321. The van der Waals surface area contributed by atoms with Crippen LogP contribution >= 0.6 is 0 Å². The maximum Gasteiger partial charge on any atom is 0.262 e. The quantitative estimate of drug-likeness (QED) is 0.557. The van der Waals surface area contributed by atoms with Gasteiger partial charge in [-0.2, -0.15) is 0 Å². The van der Waals surface area contributed by atoms with Crippen LogP contribution in [-0.4, -0.2) is 10.9 Å². The summed E-state index contributed by atoms with van der Waals surface area (Å²) in [5.74, 6) is 0.165. The Morgan fingerprint density at radius 2 is 1.75 bits per heavy atom. The second kappa shape index (κ2) is 7.48. The molecule has 0 aliphatic heterocycles. The van der Waals surface area contributed by atoms with E-state index in [0.717, 1.165) is 16.6 Å². The van der Waals surface area contributed by atoms with E-state index in [1.165, 1.54) is 0 Å². The summed E-state index contributed by atoms with van der Waals surface area (Å²) in [5.41, 5.74) is 3.95. The molecule has 28 heavy (non-hydrogen) atoms. The van der Waals surface area contributed by atoms with Crippen LogP contribution in [0.2, 0.25) is 0 Å². The molecule has 0 saturated carbocycles. The highest BCUT2D eigenvalue weighted by atomic mass is 16.3. The van der Waals surface area contributed by atoms with E-state index >= 15 is 0 Å². The molecule has 2 aromatic carbocycles. The predicted molar refractivity (Wildman–Crippen MR) is 110 cm³/mol. The van der Waals surface area contributed by atoms with Gasteiger partial charge in [-0.3, -0.25) is 4.79 Å². The van der Waals surface area contributed by atoms with Crippen LogP contribution in [0.4, 0.5) is 11.5 Å². The first-order valence-corrected chi connectivity index (χ1v) is 8.98. The molecule has 1 amide bonds. The molecule has 0 radical (unpaired) electrons. The molecular weight excluding hydrogens is 350 g/mol. The summed E-state index contributed by atoms with van der Waals surface area (Å²) in [5, 5.41) is 3.66. The Morgan fingerprint density at radius 3 is 2.54 bits per heavy atom. The second-order valence-corrected chi connectivity index (χ2v) is 6.57. The maximum absolute atomic E-state index is 13.0. The van der Waals surface area contributed by atoms with E-state index < -0.39 is 0 Å². The fourth-order valence-corrected chi connectivity index (χ4v) is 2.85. The summed E-state index contributed by atoms with van der Waals surface area (Å²) in [7, 11) is 0. The predicted octanol–water partition coefficient (Wildman–Crippen LogP) is 4.93. The average molecular weight is 369 g/mol. The van der Waals surface area contributed by atoms with Gasteiger partial charge in [0.2, 0.25) is 5.55 Å². The smallest absolute Gasteiger partial charge is 0.262 e. The van der Waals surface area contributed by atoms with E-state index in [1.54, 1.807) is 12.1 Å². The summed E-state index contributed by atoms with van der Waals surface area (Å²) in [6, 6.07) is 22.5. The first-order valence-electron chi connectivity index (χ1n) is 8.98. The van der Waals surface area contributed by atoms with Gasteiger partial charge in [0.1, 0.15) is 17.0 Å². The molecule has 2 heterocycles. The summed E-state index contributed by atoms with van der Waals surface area (Å²) in [4.78, 5) is 21.9. The number of rotatable bonds is 3. The van der Waals surface area contributed by atoms with E-state index in [2.05, 4.69) is 15.3 Å². The Labute approximate surface area is 162 Å². The van der Waals surface area contributed by atoms with Gasteiger partial charge in [0.05, 0.1) is 5.69 Å². The highest BCUT2D eigenvalue weighted by Gasteiger charge is 2.13. The molecule has 0 spiro atoms. The van der Waals surface area contributed by atoms with Gasteiger partial charge >= 0.3 is 0 Å². The molecule has 4 aromatic rings. The number of pyridine rings is 1. The van der Waals surface area contributed by atoms with Crippen molar-refractivity contribution < 1.29 is 9.21 Å². The molecule has 0 unspecified atom stereocenters. The van der Waals surface area contributed by atoms with Crippen molar-refractivity contribution >= 4 is 28.4 Å². The van der Waals surface area contributed by atoms with Crippen molar-refractivity contribution in [3.63, 3.8) is 0 Å². The largest absolute Gasteiger partial charge is 0.438 e. The zero-order chi connectivity index (χ0) is 19.5. The second-order valence-electron chi connectivity index (χ2n) is 6.57. The van der Waals surface area contributed by atoms with Crippen molar-refractivity contribution in [2.75, 3.05) is 5.32 Å². The molecule has 2 aromatic heterocycles. The Hall–Kier alpha value is -3.73. The number of nitrogens with one attached hydrogen (secondary N) is 1. The van der Waals surface area contributed by atoms with E-state index in [-0.39, 0.29) is 11.5 Å². The minimum Gasteiger partial charge on any atom is -0.438 e. The number of hydrogen-bond donors (Lipinski definition) is 1. The van der Waals surface area contributed by atoms with Crippen LogP contribution < -0.4 is 10.9 Å². The topological polar surface area (TPSA) is 67.5 Å². The third-order valence-corrected chi connectivity index (χ3v) is 4.30. The normalized spacial score (nSPS) is 11.6. The molecule has 4 rings (SSSR count). The van der Waals surface area contributed by atoms with Gasteiger partial charge in [-0.15, -0.1) is 0 Å². The summed E-state index contributed by atoms with van der Waals surface area (Å²) < 4.78 is 5.96. The van der Waals surface area contributed by atoms with Gasteiger partial charge in [-0.05, 0) is 50.2 Å². The Bertz CT molecular complexity index is 1220. The Morgan fingerprint density at radius 1 is 0.964 bits per heavy atom. The number of fused-ring (bicyclic) bond motifs is 1. The molecule has 5 heteroatoms. The molecular formula is C23H19N3O2. The highest BCUT2D eigenvalue weighted by Crippen LogP contribution is 2.16. The minimum absolute atomic E-state index is 0.257. The summed E-state index contributed by atoms with van der Waals surface area (Å²) >= 11 is 0. The fourth-order valence-electron chi connectivity index (χ4n) is 2.85. The van der Waals surface area contributed by atoms with Gasteiger partial charge in [-0.25, -0.2) is 9.98 Å². The summed E-state index contributed by atoms with van der Waals surface area (Å²) in [6.45, 7) is 3.89. The molecule has 1 N–H and O–H groups in total. The lowest BCUT2D eigenvalue weighted by molar-refractivity contribution is 0.102. The van der Waals surface area contributed by atoms with Crippen LogP contribution in [0.5, 0.6) is 0 Å².